The Labute approximate surface area is 83.3 Å². The molecular weight excluding hydrogens is 174 g/mol. The number of hydrogen-bond donors (Lipinski definition) is 1. The van der Waals surface area contributed by atoms with Gasteiger partial charge in [-0.05, 0) is 17.0 Å². The summed E-state index contributed by atoms with van der Waals surface area (Å²) in [5.41, 5.74) is 6.82. The van der Waals surface area contributed by atoms with Crippen LogP contribution in [0.2, 0.25) is 0 Å². The maximum atomic E-state index is 5.67. The molecule has 0 amide bonds. The molecule has 72 valence electrons. The smallest absolute Gasteiger partial charge is 0.126 e. The van der Waals surface area contributed by atoms with Gasteiger partial charge in [-0.25, -0.2) is 0 Å². The van der Waals surface area contributed by atoms with Gasteiger partial charge in [0.2, 0.25) is 0 Å². The van der Waals surface area contributed by atoms with Crippen LogP contribution in [-0.4, -0.2) is 7.11 Å². The average molecular weight is 187 g/mol. The zero-order valence-corrected chi connectivity index (χ0v) is 8.16. The Morgan fingerprint density at radius 1 is 1.07 bits per heavy atom. The summed E-state index contributed by atoms with van der Waals surface area (Å²) in [5, 5.41) is 2.30. The van der Waals surface area contributed by atoms with Gasteiger partial charge < -0.3 is 10.5 Å². The monoisotopic (exact) mass is 187 g/mol. The molecule has 2 N–H and O–H groups in total. The minimum Gasteiger partial charge on any atom is -0.496 e. The molecule has 0 aliphatic heterocycles. The number of benzene rings is 2. The van der Waals surface area contributed by atoms with E-state index in [1.807, 2.05) is 30.3 Å². The molecule has 0 saturated carbocycles. The first-order chi connectivity index (χ1) is 6.86. The van der Waals surface area contributed by atoms with Crippen molar-refractivity contribution in [1.29, 1.82) is 0 Å². The Hall–Kier alpha value is -1.54. The Kier molecular flexibility index (Phi) is 2.37. The van der Waals surface area contributed by atoms with Crippen LogP contribution in [0.15, 0.2) is 36.4 Å². The van der Waals surface area contributed by atoms with Gasteiger partial charge in [-0.3, -0.25) is 0 Å². The Bertz CT molecular complexity index is 409. The van der Waals surface area contributed by atoms with Gasteiger partial charge in [0.1, 0.15) is 5.75 Å². The van der Waals surface area contributed by atoms with Gasteiger partial charge in [0, 0.05) is 11.9 Å². The van der Waals surface area contributed by atoms with Gasteiger partial charge in [0.05, 0.1) is 7.11 Å². The third-order valence-electron chi connectivity index (χ3n) is 2.41. The third kappa shape index (κ3) is 1.34. The fraction of sp³-hybridized carbons (Fsp3) is 0.167. The zero-order valence-electron chi connectivity index (χ0n) is 8.16. The minimum absolute atomic E-state index is 0.560. The fourth-order valence-corrected chi connectivity index (χ4v) is 1.69. The van der Waals surface area contributed by atoms with Crippen LogP contribution in [0.3, 0.4) is 0 Å². The number of rotatable bonds is 2. The van der Waals surface area contributed by atoms with Crippen molar-refractivity contribution < 1.29 is 4.74 Å². The third-order valence-corrected chi connectivity index (χ3v) is 2.41. The summed E-state index contributed by atoms with van der Waals surface area (Å²) >= 11 is 0. The van der Waals surface area contributed by atoms with E-state index in [1.54, 1.807) is 7.11 Å². The summed E-state index contributed by atoms with van der Waals surface area (Å²) in [6.07, 6.45) is 0. The van der Waals surface area contributed by atoms with Crippen molar-refractivity contribution >= 4 is 10.8 Å². The van der Waals surface area contributed by atoms with Gasteiger partial charge >= 0.3 is 0 Å². The number of ether oxygens (including phenoxy) is 1. The first-order valence-corrected chi connectivity index (χ1v) is 4.61. The summed E-state index contributed by atoms with van der Waals surface area (Å²) < 4.78 is 5.29. The van der Waals surface area contributed by atoms with Gasteiger partial charge in [-0.1, -0.05) is 30.3 Å². The molecule has 14 heavy (non-hydrogen) atoms. The minimum atomic E-state index is 0.560. The second-order valence-electron chi connectivity index (χ2n) is 3.18. The lowest BCUT2D eigenvalue weighted by Crippen LogP contribution is -1.97. The van der Waals surface area contributed by atoms with E-state index in [1.165, 1.54) is 5.39 Å². The summed E-state index contributed by atoms with van der Waals surface area (Å²) in [7, 11) is 1.68. The largest absolute Gasteiger partial charge is 0.496 e. The molecule has 2 nitrogen and oxygen atoms in total. The predicted octanol–water partition coefficient (Wildman–Crippen LogP) is 2.31. The maximum Gasteiger partial charge on any atom is 0.126 e. The van der Waals surface area contributed by atoms with Crippen molar-refractivity contribution in [2.45, 2.75) is 6.54 Å². The molecule has 0 spiro atoms. The first-order valence-electron chi connectivity index (χ1n) is 4.61. The zero-order chi connectivity index (χ0) is 9.97. The highest BCUT2D eigenvalue weighted by molar-refractivity contribution is 5.91. The topological polar surface area (TPSA) is 35.2 Å². The molecule has 0 aliphatic carbocycles. The second kappa shape index (κ2) is 3.68. The van der Waals surface area contributed by atoms with Crippen LogP contribution in [-0.2, 0) is 6.54 Å². The van der Waals surface area contributed by atoms with Crippen molar-refractivity contribution in [3.8, 4) is 5.75 Å². The number of methoxy groups -OCH3 is 1. The highest BCUT2D eigenvalue weighted by atomic mass is 16.5. The van der Waals surface area contributed by atoms with E-state index < -0.39 is 0 Å². The standard InChI is InChI=1S/C12H13NO/c1-14-12-7-6-9(8-13)10-4-2-3-5-11(10)12/h2-7H,8,13H2,1H3. The van der Waals surface area contributed by atoms with Crippen LogP contribution >= 0.6 is 0 Å². The van der Waals surface area contributed by atoms with Gasteiger partial charge in [-0.2, -0.15) is 0 Å². The number of fused-ring (bicyclic) bond motifs is 1. The first kappa shape index (κ1) is 9.03. The van der Waals surface area contributed by atoms with Crippen molar-refractivity contribution in [2.24, 2.45) is 5.73 Å². The molecule has 0 aromatic heterocycles. The summed E-state index contributed by atoms with van der Waals surface area (Å²) in [6.45, 7) is 0.560. The van der Waals surface area contributed by atoms with E-state index in [9.17, 15) is 0 Å². The lowest BCUT2D eigenvalue weighted by Gasteiger charge is -2.08. The predicted molar refractivity (Wildman–Crippen MR) is 58.4 cm³/mol. The van der Waals surface area contributed by atoms with Crippen molar-refractivity contribution in [2.75, 3.05) is 7.11 Å². The lowest BCUT2D eigenvalue weighted by molar-refractivity contribution is 0.419. The van der Waals surface area contributed by atoms with Crippen LogP contribution < -0.4 is 10.5 Å². The molecule has 0 radical (unpaired) electrons. The van der Waals surface area contributed by atoms with Crippen LogP contribution in [0.5, 0.6) is 5.75 Å². The number of hydrogen-bond acceptors (Lipinski definition) is 2. The quantitative estimate of drug-likeness (QED) is 0.783. The van der Waals surface area contributed by atoms with E-state index >= 15 is 0 Å². The molecule has 2 rings (SSSR count). The second-order valence-corrected chi connectivity index (χ2v) is 3.18. The SMILES string of the molecule is COc1ccc(CN)c2ccccc12. The van der Waals surface area contributed by atoms with Gasteiger partial charge in [0.25, 0.3) is 0 Å². The Balaban J connectivity index is 2.78. The fourth-order valence-electron chi connectivity index (χ4n) is 1.69. The molecule has 0 unspecified atom stereocenters. The van der Waals surface area contributed by atoms with Crippen LogP contribution in [0.25, 0.3) is 10.8 Å². The molecule has 0 saturated heterocycles. The van der Waals surface area contributed by atoms with E-state index in [2.05, 4.69) is 6.07 Å². The molecular formula is C12H13NO. The molecule has 0 fully saturated rings. The van der Waals surface area contributed by atoms with Crippen molar-refractivity contribution in [1.82, 2.24) is 0 Å². The van der Waals surface area contributed by atoms with E-state index in [0.717, 1.165) is 16.7 Å². The molecule has 2 aromatic rings. The molecule has 0 aliphatic rings. The van der Waals surface area contributed by atoms with Crippen molar-refractivity contribution in [3.05, 3.63) is 42.0 Å². The number of nitrogens with two attached hydrogens (primary N) is 1. The molecule has 0 bridgehead atoms. The van der Waals surface area contributed by atoms with Crippen LogP contribution in [0.4, 0.5) is 0 Å². The summed E-state index contributed by atoms with van der Waals surface area (Å²) in [5.74, 6) is 0.901. The normalized spacial score (nSPS) is 10.4. The molecule has 0 atom stereocenters. The van der Waals surface area contributed by atoms with Crippen LogP contribution in [0, 0.1) is 0 Å². The molecule has 0 heterocycles. The van der Waals surface area contributed by atoms with E-state index in [0.29, 0.717) is 6.54 Å². The molecule has 2 heteroatoms. The molecule has 2 aromatic carbocycles. The van der Waals surface area contributed by atoms with Gasteiger partial charge in [0.15, 0.2) is 0 Å². The maximum absolute atomic E-state index is 5.67. The lowest BCUT2D eigenvalue weighted by atomic mass is 10.0. The van der Waals surface area contributed by atoms with Crippen LogP contribution in [0.1, 0.15) is 5.56 Å². The Morgan fingerprint density at radius 2 is 1.79 bits per heavy atom. The summed E-state index contributed by atoms with van der Waals surface area (Å²) in [6, 6.07) is 12.1. The highest BCUT2D eigenvalue weighted by Crippen LogP contribution is 2.27. The van der Waals surface area contributed by atoms with Gasteiger partial charge in [-0.15, -0.1) is 0 Å². The summed E-state index contributed by atoms with van der Waals surface area (Å²) in [4.78, 5) is 0. The average Bonchev–Trinajstić information content (AvgIpc) is 2.27. The van der Waals surface area contributed by atoms with E-state index in [4.69, 9.17) is 10.5 Å². The Morgan fingerprint density at radius 3 is 2.43 bits per heavy atom. The highest BCUT2D eigenvalue weighted by Gasteiger charge is 2.03. The van der Waals surface area contributed by atoms with Crippen molar-refractivity contribution in [3.63, 3.8) is 0 Å². The van der Waals surface area contributed by atoms with E-state index in [-0.39, 0.29) is 0 Å².